The Morgan fingerprint density at radius 2 is 2.05 bits per heavy atom. The van der Waals surface area contributed by atoms with Gasteiger partial charge in [0.25, 0.3) is 5.91 Å². The largest absolute Gasteiger partial charge is 0.496 e. The average Bonchev–Trinajstić information content (AvgIpc) is 2.74. The van der Waals surface area contributed by atoms with Gasteiger partial charge in [-0.05, 0) is 23.8 Å². The average molecular weight is 350 g/mol. The second-order valence-electron chi connectivity index (χ2n) is 6.05. The zero-order chi connectivity index (χ0) is 16.3. The number of thioether (sulfide) groups is 1. The fraction of sp³-hybridized carbons (Fsp3) is 0.250. The SMILES string of the molecule is COc1ccc(/C=C2\SC(=S)NC2=O)cc1/C=C/[Si](C)(C)C. The van der Waals surface area contributed by atoms with Gasteiger partial charge in [-0.1, -0.05) is 61.5 Å². The first-order chi connectivity index (χ1) is 10.3. The number of ether oxygens (including phenoxy) is 1. The molecule has 1 heterocycles. The molecule has 0 atom stereocenters. The molecule has 116 valence electrons. The maximum atomic E-state index is 11.7. The number of nitrogens with one attached hydrogen (secondary N) is 1. The van der Waals surface area contributed by atoms with E-state index in [-0.39, 0.29) is 5.91 Å². The van der Waals surface area contributed by atoms with Crippen LogP contribution in [0.15, 0.2) is 28.8 Å². The molecule has 1 saturated heterocycles. The highest BCUT2D eigenvalue weighted by molar-refractivity contribution is 8.26. The molecule has 0 bridgehead atoms. The summed E-state index contributed by atoms with van der Waals surface area (Å²) >= 11 is 6.29. The predicted molar refractivity (Wildman–Crippen MR) is 102 cm³/mol. The molecule has 1 aliphatic heterocycles. The highest BCUT2D eigenvalue weighted by atomic mass is 32.2. The molecule has 0 saturated carbocycles. The van der Waals surface area contributed by atoms with Crippen molar-refractivity contribution in [1.82, 2.24) is 5.32 Å². The van der Waals surface area contributed by atoms with E-state index >= 15 is 0 Å². The lowest BCUT2D eigenvalue weighted by Gasteiger charge is -2.10. The van der Waals surface area contributed by atoms with Gasteiger partial charge in [0.1, 0.15) is 10.1 Å². The van der Waals surface area contributed by atoms with Gasteiger partial charge >= 0.3 is 0 Å². The van der Waals surface area contributed by atoms with Crippen LogP contribution in [-0.4, -0.2) is 25.4 Å². The van der Waals surface area contributed by atoms with Crippen LogP contribution >= 0.6 is 24.0 Å². The van der Waals surface area contributed by atoms with Gasteiger partial charge in [0.2, 0.25) is 0 Å². The van der Waals surface area contributed by atoms with Crippen molar-refractivity contribution in [2.45, 2.75) is 19.6 Å². The Hall–Kier alpha value is -1.37. The number of thiocarbonyl (C=S) groups is 1. The topological polar surface area (TPSA) is 38.3 Å². The van der Waals surface area contributed by atoms with Crippen molar-refractivity contribution in [2.24, 2.45) is 0 Å². The van der Waals surface area contributed by atoms with Crippen LogP contribution in [0.4, 0.5) is 0 Å². The van der Waals surface area contributed by atoms with Gasteiger partial charge in [-0.15, -0.1) is 0 Å². The van der Waals surface area contributed by atoms with E-state index in [0.717, 1.165) is 16.9 Å². The summed E-state index contributed by atoms with van der Waals surface area (Å²) in [5, 5.41) is 2.62. The van der Waals surface area contributed by atoms with Crippen LogP contribution in [0.3, 0.4) is 0 Å². The van der Waals surface area contributed by atoms with Crippen LogP contribution in [-0.2, 0) is 4.79 Å². The number of hydrogen-bond acceptors (Lipinski definition) is 4. The lowest BCUT2D eigenvalue weighted by molar-refractivity contribution is -0.115. The summed E-state index contributed by atoms with van der Waals surface area (Å²) in [6, 6.07) is 5.89. The van der Waals surface area contributed by atoms with Crippen LogP contribution in [0.2, 0.25) is 19.6 Å². The van der Waals surface area contributed by atoms with Gasteiger partial charge in [0, 0.05) is 5.56 Å². The number of rotatable bonds is 4. The molecule has 2 rings (SSSR count). The zero-order valence-corrected chi connectivity index (χ0v) is 15.7. The molecule has 3 nitrogen and oxygen atoms in total. The predicted octanol–water partition coefficient (Wildman–Crippen LogP) is 4.07. The Bertz CT molecular complexity index is 675. The molecule has 1 aliphatic rings. The second-order valence-corrected chi connectivity index (χ2v) is 12.8. The molecule has 22 heavy (non-hydrogen) atoms. The van der Waals surface area contributed by atoms with Crippen LogP contribution in [0.25, 0.3) is 12.2 Å². The normalized spacial score (nSPS) is 17.4. The van der Waals surface area contributed by atoms with E-state index in [9.17, 15) is 4.79 Å². The number of benzene rings is 1. The minimum absolute atomic E-state index is 0.134. The molecule has 1 amide bonds. The number of hydrogen-bond donors (Lipinski definition) is 1. The summed E-state index contributed by atoms with van der Waals surface area (Å²) < 4.78 is 5.92. The smallest absolute Gasteiger partial charge is 0.263 e. The molecule has 0 spiro atoms. The number of carbonyl (C=O) groups is 1. The third kappa shape index (κ3) is 4.56. The first-order valence-corrected chi connectivity index (χ1v) is 11.7. The van der Waals surface area contributed by atoms with E-state index in [1.807, 2.05) is 24.3 Å². The third-order valence-electron chi connectivity index (χ3n) is 2.96. The van der Waals surface area contributed by atoms with Crippen molar-refractivity contribution in [2.75, 3.05) is 7.11 Å². The number of methoxy groups -OCH3 is 1. The molecule has 1 aromatic carbocycles. The standard InChI is InChI=1S/C16H19NO2S2Si/c1-19-13-6-5-11(9-12(13)7-8-22(2,3)4)10-14-15(18)17-16(20)21-14/h5-10H,1-4H3,(H,17,18,20)/b8-7+,14-10-. The fourth-order valence-electron chi connectivity index (χ4n) is 1.89. The lowest BCUT2D eigenvalue weighted by Crippen LogP contribution is -2.17. The minimum Gasteiger partial charge on any atom is -0.496 e. The van der Waals surface area contributed by atoms with Crippen LogP contribution < -0.4 is 10.1 Å². The van der Waals surface area contributed by atoms with Crippen LogP contribution in [0.5, 0.6) is 5.75 Å². The maximum Gasteiger partial charge on any atom is 0.263 e. The van der Waals surface area contributed by atoms with Gasteiger partial charge in [-0.3, -0.25) is 4.79 Å². The van der Waals surface area contributed by atoms with Gasteiger partial charge in [-0.25, -0.2) is 0 Å². The lowest BCUT2D eigenvalue weighted by atomic mass is 10.1. The third-order valence-corrected chi connectivity index (χ3v) is 5.29. The molecule has 0 aromatic heterocycles. The number of amides is 1. The summed E-state index contributed by atoms with van der Waals surface area (Å²) in [5.74, 6) is 0.695. The molecular formula is C16H19NO2S2Si. The zero-order valence-electron chi connectivity index (χ0n) is 13.1. The fourth-order valence-corrected chi connectivity index (χ4v) is 3.61. The maximum absolute atomic E-state index is 11.7. The van der Waals surface area contributed by atoms with Crippen LogP contribution in [0, 0.1) is 0 Å². The Kier molecular flexibility index (Phi) is 5.26. The van der Waals surface area contributed by atoms with E-state index < -0.39 is 8.07 Å². The van der Waals surface area contributed by atoms with E-state index in [1.165, 1.54) is 11.8 Å². The van der Waals surface area contributed by atoms with Gasteiger partial charge < -0.3 is 10.1 Å². The summed E-state index contributed by atoms with van der Waals surface area (Å²) in [6.45, 7) is 6.84. The van der Waals surface area contributed by atoms with E-state index in [1.54, 1.807) is 7.11 Å². The molecule has 1 N–H and O–H groups in total. The highest BCUT2D eigenvalue weighted by Gasteiger charge is 2.22. The Morgan fingerprint density at radius 3 is 2.59 bits per heavy atom. The summed E-state index contributed by atoms with van der Waals surface area (Å²) in [7, 11) is 0.379. The molecule has 0 aliphatic carbocycles. The van der Waals surface area contributed by atoms with E-state index in [0.29, 0.717) is 9.23 Å². The highest BCUT2D eigenvalue weighted by Crippen LogP contribution is 2.28. The minimum atomic E-state index is -1.29. The number of carbonyl (C=O) groups excluding carboxylic acids is 1. The van der Waals surface area contributed by atoms with Crippen molar-refractivity contribution in [3.05, 3.63) is 39.9 Å². The van der Waals surface area contributed by atoms with E-state index in [4.69, 9.17) is 17.0 Å². The molecule has 6 heteroatoms. The van der Waals surface area contributed by atoms with Gasteiger partial charge in [0.15, 0.2) is 0 Å². The van der Waals surface area contributed by atoms with Gasteiger partial charge in [-0.2, -0.15) is 0 Å². The molecule has 1 fully saturated rings. The first-order valence-electron chi connectivity index (χ1n) is 6.90. The summed E-state index contributed by atoms with van der Waals surface area (Å²) in [5.41, 5.74) is 4.25. The molecular weight excluding hydrogens is 330 g/mol. The molecule has 0 radical (unpaired) electrons. The van der Waals surface area contributed by atoms with Crippen molar-refractivity contribution >= 4 is 54.4 Å². The summed E-state index contributed by atoms with van der Waals surface area (Å²) in [4.78, 5) is 12.4. The molecule has 0 unspecified atom stereocenters. The second kappa shape index (κ2) is 6.81. The quantitative estimate of drug-likeness (QED) is 0.505. The van der Waals surface area contributed by atoms with E-state index in [2.05, 4.69) is 36.7 Å². The Balaban J connectivity index is 2.35. The van der Waals surface area contributed by atoms with Crippen molar-refractivity contribution in [1.29, 1.82) is 0 Å². The molecule has 1 aromatic rings. The summed E-state index contributed by atoms with van der Waals surface area (Å²) in [6.07, 6.45) is 3.96. The van der Waals surface area contributed by atoms with Crippen molar-refractivity contribution < 1.29 is 9.53 Å². The van der Waals surface area contributed by atoms with Gasteiger partial charge in [0.05, 0.1) is 20.1 Å². The van der Waals surface area contributed by atoms with Crippen LogP contribution in [0.1, 0.15) is 11.1 Å². The van der Waals surface area contributed by atoms with Crippen molar-refractivity contribution in [3.8, 4) is 5.75 Å². The monoisotopic (exact) mass is 349 g/mol. The Labute approximate surface area is 141 Å². The van der Waals surface area contributed by atoms with Crippen molar-refractivity contribution in [3.63, 3.8) is 0 Å². The Morgan fingerprint density at radius 1 is 1.32 bits per heavy atom. The first kappa shape index (κ1) is 17.0.